The van der Waals surface area contributed by atoms with E-state index in [0.29, 0.717) is 50.0 Å². The second-order valence-electron chi connectivity index (χ2n) is 16.2. The number of sulfone groups is 1. The second-order valence-corrected chi connectivity index (χ2v) is 20.9. The highest BCUT2D eigenvalue weighted by atomic mass is 35.5. The molecule has 6 atom stereocenters. The number of methoxy groups -OCH3 is 1. The summed E-state index contributed by atoms with van der Waals surface area (Å²) < 4.78 is 68.0. The number of carbonyl (C=O) groups excluding carboxylic acids is 1. The van der Waals surface area contributed by atoms with Gasteiger partial charge in [0.05, 0.1) is 22.4 Å². The van der Waals surface area contributed by atoms with Crippen molar-refractivity contribution in [3.8, 4) is 5.75 Å². The second kappa shape index (κ2) is 16.1. The predicted molar refractivity (Wildman–Crippen MR) is 213 cm³/mol. The molecular formula is C40H55ClN4O7S2. The van der Waals surface area contributed by atoms with Gasteiger partial charge in [0, 0.05) is 69.6 Å². The smallest absolute Gasteiger partial charge is 0.264 e. The lowest BCUT2D eigenvalue weighted by Crippen LogP contribution is -2.63. The summed E-state index contributed by atoms with van der Waals surface area (Å²) in [7, 11) is -5.30. The van der Waals surface area contributed by atoms with Crippen molar-refractivity contribution in [1.82, 2.24) is 14.5 Å². The summed E-state index contributed by atoms with van der Waals surface area (Å²) >= 11 is 6.40. The predicted octanol–water partition coefficient (Wildman–Crippen LogP) is 4.93. The van der Waals surface area contributed by atoms with E-state index in [1.54, 1.807) is 32.2 Å². The van der Waals surface area contributed by atoms with Gasteiger partial charge in [-0.2, -0.15) is 0 Å². The number of carbonyl (C=O) groups is 1. The van der Waals surface area contributed by atoms with E-state index in [1.807, 2.05) is 25.1 Å². The van der Waals surface area contributed by atoms with E-state index in [2.05, 4.69) is 31.6 Å². The molecule has 4 heterocycles. The minimum absolute atomic E-state index is 0.0361. The van der Waals surface area contributed by atoms with Crippen molar-refractivity contribution < 1.29 is 31.1 Å². The first-order valence-electron chi connectivity index (χ1n) is 19.5. The molecule has 296 valence electrons. The van der Waals surface area contributed by atoms with Crippen LogP contribution in [0, 0.1) is 17.8 Å². The third kappa shape index (κ3) is 8.51. The van der Waals surface area contributed by atoms with E-state index in [0.717, 1.165) is 68.6 Å². The molecule has 1 saturated carbocycles. The zero-order valence-electron chi connectivity index (χ0n) is 31.7. The molecule has 2 bridgehead atoms. The van der Waals surface area contributed by atoms with Gasteiger partial charge in [-0.3, -0.25) is 14.6 Å². The molecule has 1 aliphatic carbocycles. The molecule has 2 aromatic rings. The quantitative estimate of drug-likeness (QED) is 0.428. The van der Waals surface area contributed by atoms with Crippen LogP contribution in [0.2, 0.25) is 5.02 Å². The van der Waals surface area contributed by atoms with Crippen LogP contribution in [0.25, 0.3) is 0 Å². The normalized spacial score (nSPS) is 32.6. The van der Waals surface area contributed by atoms with E-state index in [-0.39, 0.29) is 40.9 Å². The zero-order chi connectivity index (χ0) is 38.3. The number of hydrogen-bond acceptors (Lipinski definition) is 10. The van der Waals surface area contributed by atoms with Crippen molar-refractivity contribution in [2.24, 2.45) is 17.8 Å². The van der Waals surface area contributed by atoms with Gasteiger partial charge in [0.25, 0.3) is 5.91 Å². The average Bonchev–Trinajstić information content (AvgIpc) is 3.14. The third-order valence-corrected chi connectivity index (χ3v) is 16.7. The Morgan fingerprint density at radius 2 is 1.81 bits per heavy atom. The summed E-state index contributed by atoms with van der Waals surface area (Å²) in [5.41, 5.74) is 2.59. The van der Waals surface area contributed by atoms with Crippen molar-refractivity contribution in [2.45, 2.75) is 75.9 Å². The molecule has 54 heavy (non-hydrogen) atoms. The highest BCUT2D eigenvalue weighted by Crippen LogP contribution is 2.47. The molecule has 0 aromatic heterocycles. The molecule has 5 aliphatic rings. The van der Waals surface area contributed by atoms with Gasteiger partial charge >= 0.3 is 0 Å². The van der Waals surface area contributed by atoms with Crippen molar-refractivity contribution in [1.29, 1.82) is 0 Å². The number of nitrogens with zero attached hydrogens (tertiary/aromatic N) is 3. The maximum atomic E-state index is 13.6. The Labute approximate surface area is 326 Å². The van der Waals surface area contributed by atoms with Gasteiger partial charge < -0.3 is 14.4 Å². The number of halogens is 1. The van der Waals surface area contributed by atoms with E-state index >= 15 is 0 Å². The number of anilines is 1. The number of fused-ring (bicyclic) bond motifs is 4. The Kier molecular flexibility index (Phi) is 11.8. The molecular weight excluding hydrogens is 748 g/mol. The molecule has 1 N–H and O–H groups in total. The number of aryl methyl sites for hydroxylation is 1. The first kappa shape index (κ1) is 39.6. The summed E-state index contributed by atoms with van der Waals surface area (Å²) in [6.07, 6.45) is 9.41. The Balaban J connectivity index is 1.25. The molecule has 3 fully saturated rings. The van der Waals surface area contributed by atoms with Crippen LogP contribution >= 0.6 is 11.6 Å². The number of allylic oxidation sites excluding steroid dienone is 1. The van der Waals surface area contributed by atoms with Gasteiger partial charge in [0.1, 0.15) is 18.0 Å². The number of ether oxygens (including phenoxy) is 2. The van der Waals surface area contributed by atoms with Crippen molar-refractivity contribution >= 4 is 43.1 Å². The summed E-state index contributed by atoms with van der Waals surface area (Å²) in [6.45, 7) is 8.83. The molecule has 2 saturated heterocycles. The Morgan fingerprint density at radius 1 is 0.981 bits per heavy atom. The molecule has 0 spiro atoms. The standard InChI is InChI=1S/C40H55ClN4O7S2/c1-28-7-6-15-40(51-3,27-43-17-18-44-19-20-53(47,48)26-35(44)24-43)36-13-10-32(36)23-45-16-5-4-8-30-21-34(41)12-9-33(30)25-52-38-14-11-31(22-37(38)45)39(46)42-54(49,50)29(28)2/h6,9,11-12,14-15,21-22,28-29,32,35-36H,4-5,7-8,10,13,16-20,23-27H2,1-3H3,(H,42,46)/b15-6+/t28-,29+,32-,35-,36+,40-/m0/s1. The summed E-state index contributed by atoms with van der Waals surface area (Å²) in [4.78, 5) is 20.6. The number of sulfonamides is 1. The monoisotopic (exact) mass is 802 g/mol. The van der Waals surface area contributed by atoms with E-state index in [1.165, 1.54) is 0 Å². The van der Waals surface area contributed by atoms with E-state index in [9.17, 15) is 21.6 Å². The minimum atomic E-state index is -4.00. The van der Waals surface area contributed by atoms with Crippen LogP contribution in [0.1, 0.15) is 67.4 Å². The lowest BCUT2D eigenvalue weighted by molar-refractivity contribution is -0.0980. The fraction of sp³-hybridized carbons (Fsp3) is 0.625. The first-order valence-corrected chi connectivity index (χ1v) is 23.2. The molecule has 0 unspecified atom stereocenters. The number of benzene rings is 2. The molecule has 11 nitrogen and oxygen atoms in total. The SMILES string of the molecule is CO[C@]1(CN2CCN3CCS(=O)(=O)C[C@@H]3C2)/C=C/C[C@H](C)[C@@H](C)S(=O)(=O)NC(=O)c2ccc3c(c2)N(CCCCc2cc(Cl)ccc2CO3)C[C@@H]2CC[C@H]21. The van der Waals surface area contributed by atoms with Gasteiger partial charge in [-0.15, -0.1) is 0 Å². The van der Waals surface area contributed by atoms with Gasteiger partial charge in [-0.05, 0) is 105 Å². The summed E-state index contributed by atoms with van der Waals surface area (Å²) in [5, 5.41) is -0.135. The van der Waals surface area contributed by atoms with Crippen LogP contribution in [-0.4, -0.2) is 114 Å². The number of nitrogens with one attached hydrogen (secondary N) is 1. The Morgan fingerprint density at radius 3 is 2.59 bits per heavy atom. The van der Waals surface area contributed by atoms with E-state index < -0.39 is 36.6 Å². The number of amides is 1. The van der Waals surface area contributed by atoms with Gasteiger partial charge in [0.15, 0.2) is 9.84 Å². The van der Waals surface area contributed by atoms with Gasteiger partial charge in [-0.1, -0.05) is 36.7 Å². The summed E-state index contributed by atoms with van der Waals surface area (Å²) in [5.74, 6) is 0.535. The van der Waals surface area contributed by atoms with Crippen LogP contribution in [0.15, 0.2) is 48.6 Å². The minimum Gasteiger partial charge on any atom is -0.487 e. The van der Waals surface area contributed by atoms with Crippen molar-refractivity contribution in [3.63, 3.8) is 0 Å². The van der Waals surface area contributed by atoms with Gasteiger partial charge in [-0.25, -0.2) is 21.6 Å². The largest absolute Gasteiger partial charge is 0.487 e. The fourth-order valence-electron chi connectivity index (χ4n) is 9.17. The molecule has 7 rings (SSSR count). The maximum Gasteiger partial charge on any atom is 0.264 e. The Bertz CT molecular complexity index is 1960. The number of piperazine rings is 1. The first-order chi connectivity index (χ1) is 25.8. The lowest BCUT2D eigenvalue weighted by atomic mass is 9.63. The van der Waals surface area contributed by atoms with Crippen molar-refractivity contribution in [2.75, 3.05) is 69.3 Å². The molecule has 4 aliphatic heterocycles. The molecule has 1 amide bonds. The molecule has 0 radical (unpaired) electrons. The lowest BCUT2D eigenvalue weighted by Gasteiger charge is -2.53. The highest BCUT2D eigenvalue weighted by molar-refractivity contribution is 7.91. The van der Waals surface area contributed by atoms with Crippen LogP contribution in [0.5, 0.6) is 5.75 Å². The molecule has 14 heteroatoms. The van der Waals surface area contributed by atoms with Crippen LogP contribution in [0.4, 0.5) is 5.69 Å². The highest BCUT2D eigenvalue weighted by Gasteiger charge is 2.49. The fourth-order valence-corrected chi connectivity index (χ4v) is 12.2. The van der Waals surface area contributed by atoms with Crippen molar-refractivity contribution in [3.05, 3.63) is 70.3 Å². The molecule has 2 aromatic carbocycles. The number of rotatable bonds is 3. The maximum absolute atomic E-state index is 13.6. The van der Waals surface area contributed by atoms with Gasteiger partial charge in [0.2, 0.25) is 10.0 Å². The topological polar surface area (TPSA) is 126 Å². The van der Waals surface area contributed by atoms with E-state index in [4.69, 9.17) is 21.1 Å². The third-order valence-electron chi connectivity index (χ3n) is 12.8. The van der Waals surface area contributed by atoms with Crippen LogP contribution in [-0.2, 0) is 37.6 Å². The number of hydrogen-bond donors (Lipinski definition) is 1. The Hall–Kier alpha value is -2.68. The zero-order valence-corrected chi connectivity index (χ0v) is 34.1. The van der Waals surface area contributed by atoms with Crippen LogP contribution < -0.4 is 14.4 Å². The summed E-state index contributed by atoms with van der Waals surface area (Å²) in [6, 6.07) is 11.1. The average molecular weight is 803 g/mol. The van der Waals surface area contributed by atoms with Crippen LogP contribution in [0.3, 0.4) is 0 Å².